The number of fused-ring (bicyclic) bond motifs is 1. The number of oxazole rings is 1. The number of nitrogens with zero attached hydrogens (tertiary/aromatic N) is 4. The smallest absolute Gasteiger partial charge is 0.257 e. The summed E-state index contributed by atoms with van der Waals surface area (Å²) >= 11 is 1.50. The molecule has 0 saturated heterocycles. The molecule has 0 fully saturated rings. The zero-order valence-corrected chi connectivity index (χ0v) is 11.2. The van der Waals surface area contributed by atoms with Gasteiger partial charge >= 0.3 is 0 Å². The number of rotatable bonds is 4. The zero-order valence-electron chi connectivity index (χ0n) is 10.4. The molecule has 0 atom stereocenters. The summed E-state index contributed by atoms with van der Waals surface area (Å²) in [5, 5.41) is 4.74. The van der Waals surface area contributed by atoms with Gasteiger partial charge in [-0.25, -0.2) is 14.6 Å². The van der Waals surface area contributed by atoms with Gasteiger partial charge in [-0.2, -0.15) is 5.10 Å². The van der Waals surface area contributed by atoms with Crippen LogP contribution in [0.4, 0.5) is 5.69 Å². The molecule has 0 bridgehead atoms. The van der Waals surface area contributed by atoms with Gasteiger partial charge in [-0.3, -0.25) is 0 Å². The fraction of sp³-hybridized carbons (Fsp3) is 0.250. The van der Waals surface area contributed by atoms with Crippen molar-refractivity contribution in [3.63, 3.8) is 0 Å². The van der Waals surface area contributed by atoms with Crippen molar-refractivity contribution in [1.29, 1.82) is 0 Å². The van der Waals surface area contributed by atoms with Crippen molar-refractivity contribution in [3.05, 3.63) is 30.4 Å². The molecule has 0 aliphatic heterocycles. The molecule has 6 nitrogen and oxygen atoms in total. The summed E-state index contributed by atoms with van der Waals surface area (Å²) in [6.07, 6.45) is 1.56. The molecule has 3 aromatic rings. The summed E-state index contributed by atoms with van der Waals surface area (Å²) in [5.41, 5.74) is 7.90. The molecule has 0 aliphatic carbocycles. The van der Waals surface area contributed by atoms with Crippen LogP contribution in [0.25, 0.3) is 11.1 Å². The lowest BCUT2D eigenvalue weighted by Crippen LogP contribution is -2.01. The predicted octanol–water partition coefficient (Wildman–Crippen LogP) is 2.31. The summed E-state index contributed by atoms with van der Waals surface area (Å²) in [5.74, 6) is 1.59. The van der Waals surface area contributed by atoms with E-state index in [2.05, 4.69) is 15.1 Å². The third-order valence-electron chi connectivity index (χ3n) is 2.71. The van der Waals surface area contributed by atoms with E-state index < -0.39 is 0 Å². The number of anilines is 1. The van der Waals surface area contributed by atoms with Crippen molar-refractivity contribution in [2.24, 2.45) is 0 Å². The van der Waals surface area contributed by atoms with E-state index in [1.54, 1.807) is 12.4 Å². The predicted molar refractivity (Wildman–Crippen MR) is 73.7 cm³/mol. The monoisotopic (exact) mass is 275 g/mol. The number of nitrogen functional groups attached to an aromatic ring is 1. The maximum absolute atomic E-state index is 5.71. The van der Waals surface area contributed by atoms with Crippen LogP contribution in [-0.2, 0) is 12.3 Å². The van der Waals surface area contributed by atoms with Crippen LogP contribution < -0.4 is 5.73 Å². The van der Waals surface area contributed by atoms with Gasteiger partial charge in [-0.1, -0.05) is 11.8 Å². The Morgan fingerprint density at radius 2 is 2.32 bits per heavy atom. The van der Waals surface area contributed by atoms with Crippen LogP contribution in [0.5, 0.6) is 0 Å². The zero-order chi connectivity index (χ0) is 13.2. The molecular weight excluding hydrogens is 262 g/mol. The van der Waals surface area contributed by atoms with Crippen LogP contribution in [-0.4, -0.2) is 19.7 Å². The van der Waals surface area contributed by atoms with E-state index in [0.29, 0.717) is 22.2 Å². The molecule has 0 radical (unpaired) electrons. The Hall–Kier alpha value is -2.02. The first-order valence-corrected chi connectivity index (χ1v) is 6.90. The van der Waals surface area contributed by atoms with Crippen LogP contribution in [0, 0.1) is 0 Å². The van der Waals surface area contributed by atoms with Crippen LogP contribution in [0.2, 0.25) is 0 Å². The maximum Gasteiger partial charge on any atom is 0.257 e. The lowest BCUT2D eigenvalue weighted by atomic mass is 10.3. The number of hydrogen-bond donors (Lipinski definition) is 1. The van der Waals surface area contributed by atoms with E-state index in [1.807, 2.05) is 23.7 Å². The first kappa shape index (κ1) is 12.0. The maximum atomic E-state index is 5.71. The summed E-state index contributed by atoms with van der Waals surface area (Å²) < 4.78 is 7.49. The van der Waals surface area contributed by atoms with Crippen LogP contribution in [0.15, 0.2) is 34.2 Å². The average Bonchev–Trinajstić information content (AvgIpc) is 3.01. The van der Waals surface area contributed by atoms with Gasteiger partial charge in [-0.05, 0) is 19.1 Å². The second kappa shape index (κ2) is 4.93. The minimum absolute atomic E-state index is 0.617. The van der Waals surface area contributed by atoms with E-state index in [1.165, 1.54) is 11.8 Å². The molecule has 7 heteroatoms. The minimum Gasteiger partial charge on any atom is -0.431 e. The molecule has 98 valence electrons. The Morgan fingerprint density at radius 1 is 1.42 bits per heavy atom. The van der Waals surface area contributed by atoms with Crippen molar-refractivity contribution in [2.75, 3.05) is 5.73 Å². The summed E-state index contributed by atoms with van der Waals surface area (Å²) in [4.78, 5) is 8.60. The van der Waals surface area contributed by atoms with E-state index in [4.69, 9.17) is 10.2 Å². The Labute approximate surface area is 114 Å². The van der Waals surface area contributed by atoms with Gasteiger partial charge in [0.05, 0.1) is 5.75 Å². The number of hydrogen-bond acceptors (Lipinski definition) is 6. The lowest BCUT2D eigenvalue weighted by Gasteiger charge is -1.99. The molecule has 0 unspecified atom stereocenters. The van der Waals surface area contributed by atoms with Crippen molar-refractivity contribution in [1.82, 2.24) is 19.7 Å². The number of thioether (sulfide) groups is 1. The summed E-state index contributed by atoms with van der Waals surface area (Å²) in [6.45, 7) is 2.84. The van der Waals surface area contributed by atoms with Crippen LogP contribution in [0.3, 0.4) is 0 Å². The molecule has 0 amide bonds. The highest BCUT2D eigenvalue weighted by Crippen LogP contribution is 2.26. The average molecular weight is 275 g/mol. The molecule has 0 aliphatic rings. The fourth-order valence-corrected chi connectivity index (χ4v) is 2.56. The third-order valence-corrected chi connectivity index (χ3v) is 3.54. The number of benzene rings is 1. The molecular formula is C12H13N5OS. The SMILES string of the molecule is CCn1ncnc1CSc1nc2ccc(N)cc2o1. The summed E-state index contributed by atoms with van der Waals surface area (Å²) in [7, 11) is 0. The third kappa shape index (κ3) is 2.41. The molecule has 0 spiro atoms. The standard InChI is InChI=1S/C12H13N5OS/c1-2-17-11(14-7-15-17)6-19-12-16-9-4-3-8(13)5-10(9)18-12/h3-5,7H,2,6,13H2,1H3. The lowest BCUT2D eigenvalue weighted by molar-refractivity contribution is 0.489. The largest absolute Gasteiger partial charge is 0.431 e. The molecule has 1 aromatic carbocycles. The van der Waals surface area contributed by atoms with Gasteiger partial charge in [0.1, 0.15) is 17.7 Å². The van der Waals surface area contributed by atoms with E-state index in [0.717, 1.165) is 17.9 Å². The first-order chi connectivity index (χ1) is 9.26. The highest BCUT2D eigenvalue weighted by molar-refractivity contribution is 7.98. The fourth-order valence-electron chi connectivity index (χ4n) is 1.77. The first-order valence-electron chi connectivity index (χ1n) is 5.92. The van der Waals surface area contributed by atoms with Gasteiger partial charge in [-0.15, -0.1) is 0 Å². The summed E-state index contributed by atoms with van der Waals surface area (Å²) in [6, 6.07) is 5.45. The van der Waals surface area contributed by atoms with Crippen molar-refractivity contribution >= 4 is 28.5 Å². The molecule has 0 saturated carbocycles. The van der Waals surface area contributed by atoms with Gasteiger partial charge in [0.2, 0.25) is 0 Å². The van der Waals surface area contributed by atoms with E-state index in [-0.39, 0.29) is 0 Å². The Bertz CT molecular complexity index is 705. The van der Waals surface area contributed by atoms with Gasteiger partial charge in [0.25, 0.3) is 5.22 Å². The second-order valence-corrected chi connectivity index (χ2v) is 4.91. The minimum atomic E-state index is 0.617. The van der Waals surface area contributed by atoms with Crippen LogP contribution in [0.1, 0.15) is 12.7 Å². The molecule has 2 heterocycles. The second-order valence-electron chi connectivity index (χ2n) is 3.99. The van der Waals surface area contributed by atoms with Gasteiger partial charge < -0.3 is 10.2 Å². The molecule has 3 rings (SSSR count). The van der Waals surface area contributed by atoms with E-state index >= 15 is 0 Å². The normalized spacial score (nSPS) is 11.2. The van der Waals surface area contributed by atoms with Crippen molar-refractivity contribution in [3.8, 4) is 0 Å². The van der Waals surface area contributed by atoms with Gasteiger partial charge in [0, 0.05) is 18.3 Å². The van der Waals surface area contributed by atoms with Crippen molar-refractivity contribution in [2.45, 2.75) is 24.4 Å². The molecule has 19 heavy (non-hydrogen) atoms. The highest BCUT2D eigenvalue weighted by Gasteiger charge is 2.09. The highest BCUT2D eigenvalue weighted by atomic mass is 32.2. The molecule has 2 aromatic heterocycles. The Morgan fingerprint density at radius 3 is 3.16 bits per heavy atom. The van der Waals surface area contributed by atoms with Gasteiger partial charge in [0.15, 0.2) is 5.58 Å². The quantitative estimate of drug-likeness (QED) is 0.581. The number of nitrogens with two attached hydrogens (primary N) is 1. The van der Waals surface area contributed by atoms with Crippen LogP contribution >= 0.6 is 11.8 Å². The van der Waals surface area contributed by atoms with Crippen molar-refractivity contribution < 1.29 is 4.42 Å². The Balaban J connectivity index is 1.78. The molecule has 2 N–H and O–H groups in total. The topological polar surface area (TPSA) is 82.8 Å². The number of aryl methyl sites for hydroxylation is 1. The Kier molecular flexibility index (Phi) is 3.12. The van der Waals surface area contributed by atoms with E-state index in [9.17, 15) is 0 Å². The number of aromatic nitrogens is 4.